The third-order valence-electron chi connectivity index (χ3n) is 4.51. The molecule has 4 rings (SSSR count). The Kier molecular flexibility index (Phi) is 6.77. The van der Waals surface area contributed by atoms with Gasteiger partial charge in [0.05, 0.1) is 17.8 Å². The minimum absolute atomic E-state index is 0.120. The number of benzene rings is 3. The van der Waals surface area contributed by atoms with Crippen LogP contribution in [0.4, 0.5) is 10.1 Å². The Morgan fingerprint density at radius 3 is 2.66 bits per heavy atom. The number of nitrogens with zero attached hydrogens (tertiary/aromatic N) is 1. The summed E-state index contributed by atoms with van der Waals surface area (Å²) in [6.07, 6.45) is 0.120. The highest BCUT2D eigenvalue weighted by atomic mass is 32.1. The van der Waals surface area contributed by atoms with Gasteiger partial charge in [-0.3, -0.25) is 4.79 Å². The number of carbonyl (C=O) groups is 1. The van der Waals surface area contributed by atoms with E-state index in [1.54, 1.807) is 36.4 Å². The molecule has 5 nitrogen and oxygen atoms in total. The van der Waals surface area contributed by atoms with Crippen LogP contribution in [-0.4, -0.2) is 10.9 Å². The Balaban J connectivity index is 1.35. The third kappa shape index (κ3) is 5.92. The van der Waals surface area contributed by atoms with E-state index in [2.05, 4.69) is 10.3 Å². The Hall–Kier alpha value is -3.71. The lowest BCUT2D eigenvalue weighted by Crippen LogP contribution is -2.15. The monoisotopic (exact) mass is 448 g/mol. The van der Waals surface area contributed by atoms with Crippen LogP contribution in [0.3, 0.4) is 0 Å². The number of anilines is 1. The Morgan fingerprint density at radius 1 is 1.03 bits per heavy atom. The van der Waals surface area contributed by atoms with Crippen LogP contribution in [0.5, 0.6) is 17.2 Å². The van der Waals surface area contributed by atoms with Gasteiger partial charge in [-0.15, -0.1) is 11.3 Å². The van der Waals surface area contributed by atoms with Gasteiger partial charge in [-0.25, -0.2) is 9.37 Å². The zero-order chi connectivity index (χ0) is 22.3. The van der Waals surface area contributed by atoms with Gasteiger partial charge >= 0.3 is 0 Å². The molecule has 0 atom stereocenters. The van der Waals surface area contributed by atoms with Gasteiger partial charge in [0, 0.05) is 11.4 Å². The molecule has 1 amide bonds. The fourth-order valence-corrected chi connectivity index (χ4v) is 3.66. The SMILES string of the molecule is Cc1ccc(OCc2nc(CC(=O)Nc3ccccc3Oc3cccc(F)c3)cs2)cc1. The van der Waals surface area contributed by atoms with Crippen molar-refractivity contribution in [2.24, 2.45) is 0 Å². The average Bonchev–Trinajstić information content (AvgIpc) is 3.22. The van der Waals surface area contributed by atoms with E-state index in [1.807, 2.05) is 36.6 Å². The molecule has 162 valence electrons. The molecule has 0 radical (unpaired) electrons. The van der Waals surface area contributed by atoms with Gasteiger partial charge in [-0.1, -0.05) is 35.9 Å². The van der Waals surface area contributed by atoms with Crippen molar-refractivity contribution < 1.29 is 18.7 Å². The number of halogens is 1. The average molecular weight is 449 g/mol. The molecule has 0 unspecified atom stereocenters. The molecule has 1 N–H and O–H groups in total. The van der Waals surface area contributed by atoms with Crippen LogP contribution in [0.15, 0.2) is 78.2 Å². The number of hydrogen-bond donors (Lipinski definition) is 1. The van der Waals surface area contributed by atoms with Crippen molar-refractivity contribution in [3.05, 3.63) is 100 Å². The lowest BCUT2D eigenvalue weighted by Gasteiger charge is -2.12. The van der Waals surface area contributed by atoms with Crippen molar-refractivity contribution >= 4 is 22.9 Å². The third-order valence-corrected chi connectivity index (χ3v) is 5.38. The maximum Gasteiger partial charge on any atom is 0.230 e. The summed E-state index contributed by atoms with van der Waals surface area (Å²) in [5.41, 5.74) is 2.33. The second-order valence-electron chi connectivity index (χ2n) is 7.11. The lowest BCUT2D eigenvalue weighted by molar-refractivity contribution is -0.115. The van der Waals surface area contributed by atoms with Crippen molar-refractivity contribution in [2.75, 3.05) is 5.32 Å². The van der Waals surface area contributed by atoms with Crippen LogP contribution >= 0.6 is 11.3 Å². The van der Waals surface area contributed by atoms with Crippen LogP contribution < -0.4 is 14.8 Å². The largest absolute Gasteiger partial charge is 0.486 e. The van der Waals surface area contributed by atoms with Gasteiger partial charge in [0.1, 0.15) is 28.9 Å². The van der Waals surface area contributed by atoms with E-state index in [0.29, 0.717) is 29.5 Å². The van der Waals surface area contributed by atoms with Gasteiger partial charge in [-0.05, 0) is 43.3 Å². The fourth-order valence-electron chi connectivity index (χ4n) is 2.95. The van der Waals surface area contributed by atoms with Crippen LogP contribution in [0, 0.1) is 12.7 Å². The molecule has 32 heavy (non-hydrogen) atoms. The zero-order valence-electron chi connectivity index (χ0n) is 17.4. The topological polar surface area (TPSA) is 60.5 Å². The highest BCUT2D eigenvalue weighted by Gasteiger charge is 2.12. The quantitative estimate of drug-likeness (QED) is 0.352. The molecule has 4 aromatic rings. The molecule has 1 heterocycles. The highest BCUT2D eigenvalue weighted by molar-refractivity contribution is 7.09. The molecule has 1 aromatic heterocycles. The zero-order valence-corrected chi connectivity index (χ0v) is 18.2. The number of hydrogen-bond acceptors (Lipinski definition) is 5. The smallest absolute Gasteiger partial charge is 0.230 e. The molecule has 0 fully saturated rings. The van der Waals surface area contributed by atoms with Crippen LogP contribution in [0.1, 0.15) is 16.3 Å². The first kappa shape index (κ1) is 21.5. The molecule has 0 aliphatic heterocycles. The van der Waals surface area contributed by atoms with Gasteiger partial charge < -0.3 is 14.8 Å². The van der Waals surface area contributed by atoms with Crippen molar-refractivity contribution in [1.82, 2.24) is 4.98 Å². The van der Waals surface area contributed by atoms with E-state index in [1.165, 1.54) is 29.0 Å². The fraction of sp³-hybridized carbons (Fsp3) is 0.120. The molecule has 0 spiro atoms. The van der Waals surface area contributed by atoms with Crippen molar-refractivity contribution in [1.29, 1.82) is 0 Å². The van der Waals surface area contributed by atoms with Crippen LogP contribution in [0.2, 0.25) is 0 Å². The van der Waals surface area contributed by atoms with Gasteiger partial charge in [0.25, 0.3) is 0 Å². The van der Waals surface area contributed by atoms with Crippen LogP contribution in [-0.2, 0) is 17.8 Å². The number of para-hydroxylation sites is 2. The van der Waals surface area contributed by atoms with E-state index in [9.17, 15) is 9.18 Å². The van der Waals surface area contributed by atoms with E-state index >= 15 is 0 Å². The summed E-state index contributed by atoms with van der Waals surface area (Å²) in [6.45, 7) is 2.37. The molecule has 0 saturated heterocycles. The number of carbonyl (C=O) groups excluding carboxylic acids is 1. The van der Waals surface area contributed by atoms with Gasteiger partial charge in [-0.2, -0.15) is 0 Å². The number of thiazole rings is 1. The second-order valence-corrected chi connectivity index (χ2v) is 8.06. The Bertz CT molecular complexity index is 1210. The maximum absolute atomic E-state index is 13.4. The van der Waals surface area contributed by atoms with E-state index in [-0.39, 0.29) is 12.3 Å². The number of ether oxygens (including phenoxy) is 2. The summed E-state index contributed by atoms with van der Waals surface area (Å²) >= 11 is 1.45. The molecule has 0 aliphatic rings. The molecular formula is C25H21FN2O3S. The summed E-state index contributed by atoms with van der Waals surface area (Å²) in [4.78, 5) is 17.1. The Morgan fingerprint density at radius 2 is 1.84 bits per heavy atom. The number of aromatic nitrogens is 1. The standard InChI is InChI=1S/C25H21FN2O3S/c1-17-9-11-20(12-10-17)30-15-25-27-19(16-32-25)14-24(29)28-22-7-2-3-8-23(22)31-21-6-4-5-18(26)13-21/h2-13,16H,14-15H2,1H3,(H,28,29). The maximum atomic E-state index is 13.4. The summed E-state index contributed by atoms with van der Waals surface area (Å²) in [5, 5.41) is 5.49. The normalized spacial score (nSPS) is 10.6. The van der Waals surface area contributed by atoms with Gasteiger partial charge in [0.2, 0.25) is 5.91 Å². The first-order valence-corrected chi connectivity index (χ1v) is 10.9. The van der Waals surface area contributed by atoms with E-state index in [0.717, 1.165) is 10.8 Å². The molecule has 3 aromatic carbocycles. The highest BCUT2D eigenvalue weighted by Crippen LogP contribution is 2.29. The predicted molar refractivity (Wildman–Crippen MR) is 123 cm³/mol. The van der Waals surface area contributed by atoms with Crippen molar-refractivity contribution in [3.63, 3.8) is 0 Å². The molecule has 0 saturated carbocycles. The first-order chi connectivity index (χ1) is 15.5. The van der Waals surface area contributed by atoms with E-state index < -0.39 is 5.82 Å². The second kappa shape index (κ2) is 10.1. The minimum atomic E-state index is -0.394. The predicted octanol–water partition coefficient (Wildman–Crippen LogP) is 6.14. The summed E-state index contributed by atoms with van der Waals surface area (Å²) < 4.78 is 24.9. The summed E-state index contributed by atoms with van der Waals surface area (Å²) in [6, 6.07) is 20.7. The molecule has 0 bridgehead atoms. The van der Waals surface area contributed by atoms with Crippen LogP contribution in [0.25, 0.3) is 0 Å². The number of amides is 1. The summed E-state index contributed by atoms with van der Waals surface area (Å²) in [7, 11) is 0. The molecule has 0 aliphatic carbocycles. The van der Waals surface area contributed by atoms with Gasteiger partial charge in [0.15, 0.2) is 5.75 Å². The molecule has 7 heteroatoms. The lowest BCUT2D eigenvalue weighted by atomic mass is 10.2. The summed E-state index contributed by atoms with van der Waals surface area (Å²) in [5.74, 6) is 0.938. The van der Waals surface area contributed by atoms with Crippen molar-refractivity contribution in [3.8, 4) is 17.2 Å². The van der Waals surface area contributed by atoms with Crippen molar-refractivity contribution in [2.45, 2.75) is 20.0 Å². The molecular weight excluding hydrogens is 427 g/mol. The minimum Gasteiger partial charge on any atom is -0.486 e. The number of rotatable bonds is 8. The number of nitrogens with one attached hydrogen (secondary N) is 1. The number of aryl methyl sites for hydroxylation is 1. The van der Waals surface area contributed by atoms with E-state index in [4.69, 9.17) is 9.47 Å². The first-order valence-electron chi connectivity index (χ1n) is 10.0. The Labute approximate surface area is 189 Å².